The number of anilines is 6. The highest BCUT2D eigenvalue weighted by Gasteiger charge is 2.34. The predicted molar refractivity (Wildman–Crippen MR) is 303 cm³/mol. The van der Waals surface area contributed by atoms with Gasteiger partial charge in [0.2, 0.25) is 0 Å². The Kier molecular flexibility index (Phi) is 9.92. The van der Waals surface area contributed by atoms with Crippen LogP contribution in [0.1, 0.15) is 0 Å². The lowest BCUT2D eigenvalue weighted by atomic mass is 9.99. The van der Waals surface area contributed by atoms with Crippen LogP contribution in [0.2, 0.25) is 19.6 Å². The van der Waals surface area contributed by atoms with Crippen LogP contribution in [-0.2, 0) is 0 Å². The van der Waals surface area contributed by atoms with Crippen molar-refractivity contribution < 1.29 is 0 Å². The molecule has 0 N–H and O–H groups in total. The van der Waals surface area contributed by atoms with Gasteiger partial charge in [0, 0.05) is 32.9 Å². The first kappa shape index (κ1) is 41.6. The SMILES string of the molecule is C[Si](C)(C)c1c2cc(N(c3cccc4ccccc34)c3cccc4ccccc34)ccc2c([SH](C)(C)(C)I)c2ccc(N(c3cccc4ccccc34)c3cccc4ccccc34)cc12. The minimum Gasteiger partial charge on any atom is -0.309 e. The van der Waals surface area contributed by atoms with Gasteiger partial charge in [0.15, 0.2) is 0 Å². The Bertz CT molecular complexity index is 3280. The molecule has 320 valence electrons. The molecule has 11 rings (SSSR count). The normalized spacial score (nSPS) is 12.9. The van der Waals surface area contributed by atoms with Crippen molar-refractivity contribution in [1.82, 2.24) is 0 Å². The molecule has 0 aliphatic carbocycles. The molecule has 11 aromatic rings. The lowest BCUT2D eigenvalue weighted by molar-refractivity contribution is 1.31. The van der Waals surface area contributed by atoms with Crippen LogP contribution in [-0.4, -0.2) is 26.8 Å². The molecule has 0 aliphatic heterocycles. The molecule has 0 spiro atoms. The second-order valence-corrected chi connectivity index (χ2v) is 40.5. The molecule has 0 bridgehead atoms. The third kappa shape index (κ3) is 7.25. The quantitative estimate of drug-likeness (QED) is 0.0701. The summed E-state index contributed by atoms with van der Waals surface area (Å²) in [5.74, 6) is 0. The highest BCUT2D eigenvalue weighted by Crippen LogP contribution is 2.76. The van der Waals surface area contributed by atoms with Gasteiger partial charge in [-0.1, -0.05) is 177 Å². The monoisotopic (exact) mass is 988 g/mol. The van der Waals surface area contributed by atoms with Crippen molar-refractivity contribution in [2.45, 2.75) is 24.5 Å². The molecule has 65 heavy (non-hydrogen) atoms. The van der Waals surface area contributed by atoms with Crippen molar-refractivity contribution in [2.24, 2.45) is 0 Å². The molecule has 0 saturated heterocycles. The number of fused-ring (bicyclic) bond motifs is 6. The summed E-state index contributed by atoms with van der Waals surface area (Å²) in [4.78, 5) is 6.54. The van der Waals surface area contributed by atoms with Crippen molar-refractivity contribution >= 4 is 140 Å². The maximum atomic E-state index is 2.85. The van der Waals surface area contributed by atoms with Crippen molar-refractivity contribution in [1.29, 1.82) is 0 Å². The number of thiol groups is 1. The summed E-state index contributed by atoms with van der Waals surface area (Å²) < 4.78 is 0. The van der Waals surface area contributed by atoms with Crippen molar-refractivity contribution in [3.05, 3.63) is 206 Å². The summed E-state index contributed by atoms with van der Waals surface area (Å²) in [5, 5.41) is 16.8. The standard InChI is InChI=1S/C60H53IN2SSi/c1-64(2,3,61)59-51-37-35-45(62(55-31-15-23-41-19-7-11-27-47(41)55)56-32-16-24-42-20-8-12-28-48(42)56)39-53(51)60(65(4,5)6)54-40-46(36-38-52(54)59)63(57-33-17-25-43-21-9-13-29-49(43)57)58-34-18-26-44-22-10-14-30-50(44)58/h7-40,64H,1-6H3. The van der Waals surface area contributed by atoms with E-state index in [-0.39, 0.29) is 0 Å². The molecule has 5 heteroatoms. The van der Waals surface area contributed by atoms with Gasteiger partial charge in [0.25, 0.3) is 0 Å². The van der Waals surface area contributed by atoms with Crippen LogP contribution >= 0.6 is 27.5 Å². The number of halogens is 1. The number of nitrogens with zero attached hydrogens (tertiary/aromatic N) is 2. The molecule has 0 aromatic heterocycles. The Morgan fingerprint density at radius 3 is 0.923 bits per heavy atom. The van der Waals surface area contributed by atoms with Gasteiger partial charge in [-0.3, -0.25) is 0 Å². The van der Waals surface area contributed by atoms with Gasteiger partial charge in [-0.05, 0) is 142 Å². The van der Waals surface area contributed by atoms with E-state index in [1.165, 1.54) is 97.5 Å². The van der Waals surface area contributed by atoms with Gasteiger partial charge in [0.1, 0.15) is 0 Å². The summed E-state index contributed by atoms with van der Waals surface area (Å²) in [7, 11) is -2.10. The Balaban J connectivity index is 1.26. The predicted octanol–water partition coefficient (Wildman–Crippen LogP) is 17.8. The fourth-order valence-corrected chi connectivity index (χ4v) is 16.1. The average molecular weight is 989 g/mol. The maximum Gasteiger partial charge on any atom is 0.0792 e. The summed E-state index contributed by atoms with van der Waals surface area (Å²) >= 11 is 2.85. The summed E-state index contributed by atoms with van der Waals surface area (Å²) in [6.45, 7) is 7.61. The van der Waals surface area contributed by atoms with Gasteiger partial charge < -0.3 is 9.80 Å². The zero-order valence-electron chi connectivity index (χ0n) is 37.8. The number of rotatable bonds is 8. The van der Waals surface area contributed by atoms with Crippen LogP contribution < -0.4 is 15.0 Å². The van der Waals surface area contributed by atoms with Crippen LogP contribution in [0.3, 0.4) is 0 Å². The van der Waals surface area contributed by atoms with Crippen LogP contribution in [0, 0.1) is 0 Å². The van der Waals surface area contributed by atoms with Crippen LogP contribution in [0.5, 0.6) is 0 Å². The zero-order chi connectivity index (χ0) is 44.7. The average Bonchev–Trinajstić information content (AvgIpc) is 3.30. The van der Waals surface area contributed by atoms with E-state index in [0.717, 1.165) is 11.4 Å². The van der Waals surface area contributed by atoms with Crippen LogP contribution in [0.25, 0.3) is 64.6 Å². The van der Waals surface area contributed by atoms with E-state index in [4.69, 9.17) is 0 Å². The van der Waals surface area contributed by atoms with Crippen molar-refractivity contribution in [3.8, 4) is 0 Å². The van der Waals surface area contributed by atoms with Crippen LogP contribution in [0.4, 0.5) is 34.1 Å². The summed E-state index contributed by atoms with van der Waals surface area (Å²) in [6, 6.07) is 77.0. The largest absolute Gasteiger partial charge is 0.309 e. The molecule has 0 unspecified atom stereocenters. The second-order valence-electron chi connectivity index (χ2n) is 19.7. The molecule has 0 fully saturated rings. The Hall–Kier alpha value is -6.12. The smallest absolute Gasteiger partial charge is 0.0792 e. The highest BCUT2D eigenvalue weighted by atomic mass is 127. The molecule has 0 aliphatic rings. The topological polar surface area (TPSA) is 6.48 Å². The summed E-state index contributed by atoms with van der Waals surface area (Å²) in [5.41, 5.74) is 7.02. The van der Waals surface area contributed by atoms with Gasteiger partial charge >= 0.3 is 0 Å². The third-order valence-electron chi connectivity index (χ3n) is 13.1. The van der Waals surface area contributed by atoms with Gasteiger partial charge in [0.05, 0.1) is 30.8 Å². The first-order valence-electron chi connectivity index (χ1n) is 22.6. The van der Waals surface area contributed by atoms with Crippen molar-refractivity contribution in [3.63, 3.8) is 0 Å². The molecule has 11 aromatic carbocycles. The van der Waals surface area contributed by atoms with Crippen molar-refractivity contribution in [2.75, 3.05) is 28.6 Å². The minimum absolute atomic E-state index is 1.16. The van der Waals surface area contributed by atoms with E-state index in [2.05, 4.69) is 276 Å². The van der Waals surface area contributed by atoms with Crippen LogP contribution in [0.15, 0.2) is 211 Å². The lowest BCUT2D eigenvalue weighted by Crippen LogP contribution is -2.39. The highest BCUT2D eigenvalue weighted by molar-refractivity contribution is 14.2. The molecule has 0 radical (unpaired) electrons. The first-order valence-corrected chi connectivity index (χ1v) is 32.5. The summed E-state index contributed by atoms with van der Waals surface area (Å²) in [6.07, 6.45) is 5.09. The fraction of sp³-hybridized carbons (Fsp3) is 0.100. The molecular weight excluding hydrogens is 936 g/mol. The molecule has 0 amide bonds. The third-order valence-corrected chi connectivity index (χ3v) is 18.6. The number of hydrogen-bond acceptors (Lipinski definition) is 2. The van der Waals surface area contributed by atoms with E-state index in [0.29, 0.717) is 0 Å². The number of benzene rings is 11. The van der Waals surface area contributed by atoms with Gasteiger partial charge in [-0.2, -0.15) is 0 Å². The molecule has 2 nitrogen and oxygen atoms in total. The van der Waals surface area contributed by atoms with E-state index >= 15 is 0 Å². The lowest BCUT2D eigenvalue weighted by Gasteiger charge is -2.47. The maximum absolute atomic E-state index is 2.85. The van der Waals surface area contributed by atoms with Gasteiger partial charge in [-0.15, -0.1) is 0 Å². The Morgan fingerprint density at radius 2 is 0.631 bits per heavy atom. The Labute approximate surface area is 396 Å². The fourth-order valence-electron chi connectivity index (χ4n) is 10.5. The van der Waals surface area contributed by atoms with E-state index < -0.39 is 14.4 Å². The second kappa shape index (κ2) is 15.5. The first-order chi connectivity index (χ1) is 31.3. The number of hydrogen-bond donors (Lipinski definition) is 1. The molecule has 0 saturated carbocycles. The van der Waals surface area contributed by atoms with E-state index in [1.54, 1.807) is 0 Å². The van der Waals surface area contributed by atoms with E-state index in [9.17, 15) is 0 Å². The molecule has 0 atom stereocenters. The Morgan fingerprint density at radius 1 is 0.338 bits per heavy atom. The van der Waals surface area contributed by atoms with Gasteiger partial charge in [-0.25, -0.2) is 6.33 Å². The zero-order valence-corrected chi connectivity index (χ0v) is 41.9. The molecule has 0 heterocycles. The minimum atomic E-state index is -2.48. The van der Waals surface area contributed by atoms with E-state index in [1.807, 2.05) is 0 Å². The molecular formula is C60H53IN2SSi.